The van der Waals surface area contributed by atoms with Gasteiger partial charge < -0.3 is 10.6 Å². The molecule has 0 aliphatic carbocycles. The fourth-order valence-corrected chi connectivity index (χ4v) is 2.75. The SMILES string of the molecule is O=C(Nc1cccc(C(F)(F)F)c1)c1cccnc1NCc1ccc(Br)cc1. The van der Waals surface area contributed by atoms with Crippen molar-refractivity contribution in [3.63, 3.8) is 0 Å². The second kappa shape index (κ2) is 8.43. The maximum atomic E-state index is 12.8. The lowest BCUT2D eigenvalue weighted by molar-refractivity contribution is -0.137. The third-order valence-corrected chi connectivity index (χ3v) is 4.40. The summed E-state index contributed by atoms with van der Waals surface area (Å²) in [7, 11) is 0. The van der Waals surface area contributed by atoms with E-state index in [9.17, 15) is 18.0 Å². The van der Waals surface area contributed by atoms with E-state index in [2.05, 4.69) is 31.5 Å². The Hall–Kier alpha value is -2.87. The number of carbonyl (C=O) groups is 1. The number of anilines is 2. The molecule has 0 radical (unpaired) electrons. The normalized spacial score (nSPS) is 11.1. The minimum absolute atomic E-state index is 0.0579. The van der Waals surface area contributed by atoms with E-state index < -0.39 is 17.6 Å². The van der Waals surface area contributed by atoms with Crippen LogP contribution in [-0.2, 0) is 12.7 Å². The zero-order valence-corrected chi connectivity index (χ0v) is 16.0. The van der Waals surface area contributed by atoms with Crippen LogP contribution in [0.15, 0.2) is 71.3 Å². The van der Waals surface area contributed by atoms with E-state index in [1.807, 2.05) is 24.3 Å². The molecule has 0 saturated heterocycles. The average Bonchev–Trinajstić information content (AvgIpc) is 2.67. The van der Waals surface area contributed by atoms with Gasteiger partial charge in [0.2, 0.25) is 0 Å². The van der Waals surface area contributed by atoms with Crippen molar-refractivity contribution in [2.45, 2.75) is 12.7 Å². The number of alkyl halides is 3. The lowest BCUT2D eigenvalue weighted by Crippen LogP contribution is -2.16. The van der Waals surface area contributed by atoms with Gasteiger partial charge in [0, 0.05) is 22.9 Å². The Morgan fingerprint density at radius 2 is 1.79 bits per heavy atom. The van der Waals surface area contributed by atoms with E-state index in [-0.39, 0.29) is 11.3 Å². The first-order valence-corrected chi connectivity index (χ1v) is 9.04. The van der Waals surface area contributed by atoms with Crippen molar-refractivity contribution in [1.29, 1.82) is 0 Å². The van der Waals surface area contributed by atoms with Crippen LogP contribution >= 0.6 is 15.9 Å². The van der Waals surface area contributed by atoms with Crippen LogP contribution in [0.1, 0.15) is 21.5 Å². The molecule has 0 saturated carbocycles. The van der Waals surface area contributed by atoms with Gasteiger partial charge in [-0.25, -0.2) is 4.98 Å². The Morgan fingerprint density at radius 1 is 1.04 bits per heavy atom. The van der Waals surface area contributed by atoms with Crippen molar-refractivity contribution in [2.75, 3.05) is 10.6 Å². The summed E-state index contributed by atoms with van der Waals surface area (Å²) in [5.41, 5.74) is 0.447. The van der Waals surface area contributed by atoms with Crippen LogP contribution in [-0.4, -0.2) is 10.9 Å². The molecule has 0 unspecified atom stereocenters. The van der Waals surface area contributed by atoms with Gasteiger partial charge in [0.05, 0.1) is 11.1 Å². The molecule has 3 aromatic rings. The molecule has 2 N–H and O–H groups in total. The molecular formula is C20H15BrF3N3O. The van der Waals surface area contributed by atoms with E-state index >= 15 is 0 Å². The maximum absolute atomic E-state index is 12.8. The zero-order valence-electron chi connectivity index (χ0n) is 14.4. The number of aromatic nitrogens is 1. The Kier molecular flexibility index (Phi) is 5.99. The maximum Gasteiger partial charge on any atom is 0.416 e. The largest absolute Gasteiger partial charge is 0.416 e. The topological polar surface area (TPSA) is 54.0 Å². The van der Waals surface area contributed by atoms with Crippen LogP contribution in [0, 0.1) is 0 Å². The zero-order chi connectivity index (χ0) is 20.1. The number of rotatable bonds is 5. The van der Waals surface area contributed by atoms with Gasteiger partial charge in [-0.15, -0.1) is 0 Å². The van der Waals surface area contributed by atoms with E-state index in [0.717, 1.165) is 22.2 Å². The Balaban J connectivity index is 1.75. The summed E-state index contributed by atoms with van der Waals surface area (Å²) in [6, 6.07) is 15.3. The van der Waals surface area contributed by atoms with Crippen molar-refractivity contribution in [3.8, 4) is 0 Å². The number of pyridine rings is 1. The van der Waals surface area contributed by atoms with Crippen molar-refractivity contribution in [2.24, 2.45) is 0 Å². The van der Waals surface area contributed by atoms with Crippen LogP contribution < -0.4 is 10.6 Å². The minimum atomic E-state index is -4.48. The van der Waals surface area contributed by atoms with E-state index in [0.29, 0.717) is 12.4 Å². The molecule has 0 spiro atoms. The number of halogens is 4. The van der Waals surface area contributed by atoms with E-state index in [4.69, 9.17) is 0 Å². The van der Waals surface area contributed by atoms with Crippen LogP contribution in [0.3, 0.4) is 0 Å². The molecule has 1 heterocycles. The Labute approximate surface area is 167 Å². The predicted octanol–water partition coefficient (Wildman–Crippen LogP) is 5.73. The van der Waals surface area contributed by atoms with Gasteiger partial charge in [-0.05, 0) is 48.0 Å². The van der Waals surface area contributed by atoms with E-state index in [1.165, 1.54) is 18.3 Å². The first-order valence-electron chi connectivity index (χ1n) is 8.25. The lowest BCUT2D eigenvalue weighted by Gasteiger charge is -2.13. The van der Waals surface area contributed by atoms with Gasteiger partial charge in [0.1, 0.15) is 5.82 Å². The molecule has 0 aliphatic heterocycles. The highest BCUT2D eigenvalue weighted by Gasteiger charge is 2.30. The third-order valence-electron chi connectivity index (χ3n) is 3.87. The average molecular weight is 450 g/mol. The van der Waals surface area contributed by atoms with Crippen LogP contribution in [0.5, 0.6) is 0 Å². The second-order valence-corrected chi connectivity index (χ2v) is 6.83. The summed E-state index contributed by atoms with van der Waals surface area (Å²) in [6.45, 7) is 0.439. The number of carbonyl (C=O) groups excluding carboxylic acids is 1. The van der Waals surface area contributed by atoms with Crippen LogP contribution in [0.4, 0.5) is 24.7 Å². The molecule has 0 fully saturated rings. The molecule has 1 amide bonds. The molecule has 3 rings (SSSR count). The highest BCUT2D eigenvalue weighted by atomic mass is 79.9. The van der Waals surface area contributed by atoms with Gasteiger partial charge in [-0.1, -0.05) is 34.1 Å². The van der Waals surface area contributed by atoms with E-state index in [1.54, 1.807) is 12.1 Å². The first-order chi connectivity index (χ1) is 13.3. The number of benzene rings is 2. The highest BCUT2D eigenvalue weighted by molar-refractivity contribution is 9.10. The summed E-state index contributed by atoms with van der Waals surface area (Å²) in [6.07, 6.45) is -2.95. The number of hydrogen-bond donors (Lipinski definition) is 2. The molecular weight excluding hydrogens is 435 g/mol. The molecule has 4 nitrogen and oxygen atoms in total. The van der Waals surface area contributed by atoms with Gasteiger partial charge in [0.25, 0.3) is 5.91 Å². The summed E-state index contributed by atoms with van der Waals surface area (Å²) < 4.78 is 39.5. The Morgan fingerprint density at radius 3 is 2.50 bits per heavy atom. The first kappa shape index (κ1) is 19.9. The fourth-order valence-electron chi connectivity index (χ4n) is 2.49. The summed E-state index contributed by atoms with van der Waals surface area (Å²) in [5, 5.41) is 5.58. The number of amides is 1. The molecule has 0 atom stereocenters. The van der Waals surface area contributed by atoms with Crippen LogP contribution in [0.2, 0.25) is 0 Å². The molecule has 28 heavy (non-hydrogen) atoms. The summed E-state index contributed by atoms with van der Waals surface area (Å²) in [4.78, 5) is 16.7. The molecule has 1 aromatic heterocycles. The lowest BCUT2D eigenvalue weighted by atomic mass is 10.1. The summed E-state index contributed by atoms with van der Waals surface area (Å²) in [5.74, 6) is -0.208. The highest BCUT2D eigenvalue weighted by Crippen LogP contribution is 2.30. The van der Waals surface area contributed by atoms with Crippen LogP contribution in [0.25, 0.3) is 0 Å². The van der Waals surface area contributed by atoms with Gasteiger partial charge in [-0.3, -0.25) is 4.79 Å². The molecule has 144 valence electrons. The predicted molar refractivity (Wildman–Crippen MR) is 105 cm³/mol. The quantitative estimate of drug-likeness (QED) is 0.523. The van der Waals surface area contributed by atoms with Crippen molar-refractivity contribution in [3.05, 3.63) is 88.0 Å². The number of nitrogens with one attached hydrogen (secondary N) is 2. The van der Waals surface area contributed by atoms with Gasteiger partial charge >= 0.3 is 6.18 Å². The van der Waals surface area contributed by atoms with Crippen molar-refractivity contribution in [1.82, 2.24) is 4.98 Å². The fraction of sp³-hybridized carbons (Fsp3) is 0.100. The molecule has 8 heteroatoms. The second-order valence-electron chi connectivity index (χ2n) is 5.91. The molecule has 2 aromatic carbocycles. The summed E-state index contributed by atoms with van der Waals surface area (Å²) >= 11 is 3.36. The Bertz CT molecular complexity index is 975. The smallest absolute Gasteiger partial charge is 0.365 e. The van der Waals surface area contributed by atoms with Gasteiger partial charge in [0.15, 0.2) is 0 Å². The number of nitrogens with zero attached hydrogens (tertiary/aromatic N) is 1. The van der Waals surface area contributed by atoms with Gasteiger partial charge in [-0.2, -0.15) is 13.2 Å². The third kappa shape index (κ3) is 5.10. The standard InChI is InChI=1S/C20H15BrF3N3O/c21-15-8-6-13(7-9-15)12-26-18-17(5-2-10-25-18)19(28)27-16-4-1-3-14(11-16)20(22,23)24/h1-11H,12H2,(H,25,26)(H,27,28). The monoisotopic (exact) mass is 449 g/mol. The van der Waals surface area contributed by atoms with Crippen molar-refractivity contribution < 1.29 is 18.0 Å². The molecule has 0 bridgehead atoms. The molecule has 0 aliphatic rings. The van der Waals surface area contributed by atoms with Crippen molar-refractivity contribution >= 4 is 33.3 Å². The number of hydrogen-bond acceptors (Lipinski definition) is 3. The minimum Gasteiger partial charge on any atom is -0.365 e.